The molecule has 4 rings (SSSR count). The van der Waals surface area contributed by atoms with Gasteiger partial charge in [-0.25, -0.2) is 0 Å². The van der Waals surface area contributed by atoms with Crippen molar-refractivity contribution in [2.75, 3.05) is 31.0 Å². The van der Waals surface area contributed by atoms with Crippen molar-refractivity contribution < 1.29 is 23.8 Å². The van der Waals surface area contributed by atoms with Gasteiger partial charge in [-0.2, -0.15) is 0 Å². The minimum atomic E-state index is -0.303. The van der Waals surface area contributed by atoms with E-state index in [-0.39, 0.29) is 18.4 Å². The van der Waals surface area contributed by atoms with Gasteiger partial charge in [0.05, 0.1) is 26.5 Å². The first-order chi connectivity index (χ1) is 16.5. The van der Waals surface area contributed by atoms with Crippen LogP contribution < -0.4 is 24.4 Å². The standard InChI is InChI=1S/C27H26N2O5/c1-18-4-6-20(7-5-18)16-29-22-15-21(10-12-23(22)34-17-27(29)31)28-26(30)13-9-19-8-11-24(32-2)25(14-19)33-3/h4-15H,16-17H2,1-3H3,(H,28,30)/b13-9+. The molecule has 0 saturated carbocycles. The summed E-state index contributed by atoms with van der Waals surface area (Å²) in [7, 11) is 3.13. The Balaban J connectivity index is 1.50. The van der Waals surface area contributed by atoms with Gasteiger partial charge >= 0.3 is 0 Å². The summed E-state index contributed by atoms with van der Waals surface area (Å²) in [6.07, 6.45) is 3.12. The summed E-state index contributed by atoms with van der Waals surface area (Å²) in [5, 5.41) is 2.84. The number of ether oxygens (including phenoxy) is 3. The second kappa shape index (κ2) is 10.1. The molecule has 1 heterocycles. The molecule has 0 atom stereocenters. The molecule has 3 aromatic rings. The number of hydrogen-bond donors (Lipinski definition) is 1. The van der Waals surface area contributed by atoms with Gasteiger partial charge in [0.2, 0.25) is 5.91 Å². The van der Waals surface area contributed by atoms with Crippen molar-refractivity contribution in [3.05, 3.63) is 83.4 Å². The van der Waals surface area contributed by atoms with E-state index in [2.05, 4.69) is 5.32 Å². The van der Waals surface area contributed by atoms with Crippen LogP contribution in [0.4, 0.5) is 11.4 Å². The summed E-state index contributed by atoms with van der Waals surface area (Å²) < 4.78 is 16.1. The fourth-order valence-electron chi connectivity index (χ4n) is 3.64. The number of nitrogens with one attached hydrogen (secondary N) is 1. The summed E-state index contributed by atoms with van der Waals surface area (Å²) in [6, 6.07) is 18.7. The highest BCUT2D eigenvalue weighted by molar-refractivity contribution is 6.03. The molecule has 0 aromatic heterocycles. The maximum absolute atomic E-state index is 12.6. The molecule has 2 amide bonds. The normalized spacial score (nSPS) is 12.8. The van der Waals surface area contributed by atoms with Gasteiger partial charge in [0.25, 0.3) is 5.91 Å². The Labute approximate surface area is 198 Å². The largest absolute Gasteiger partial charge is 0.493 e. The molecule has 1 aliphatic rings. The van der Waals surface area contributed by atoms with Crippen LogP contribution in [0.25, 0.3) is 6.08 Å². The van der Waals surface area contributed by atoms with Crippen molar-refractivity contribution in [2.45, 2.75) is 13.5 Å². The third kappa shape index (κ3) is 5.20. The molecule has 174 valence electrons. The number of amides is 2. The number of methoxy groups -OCH3 is 2. The smallest absolute Gasteiger partial charge is 0.265 e. The van der Waals surface area contributed by atoms with Gasteiger partial charge in [0, 0.05) is 11.8 Å². The van der Waals surface area contributed by atoms with Gasteiger partial charge < -0.3 is 24.4 Å². The highest BCUT2D eigenvalue weighted by Gasteiger charge is 2.26. The quantitative estimate of drug-likeness (QED) is 0.524. The summed E-state index contributed by atoms with van der Waals surface area (Å²) in [5.74, 6) is 1.36. The maximum Gasteiger partial charge on any atom is 0.265 e. The van der Waals surface area contributed by atoms with Gasteiger partial charge in [-0.15, -0.1) is 0 Å². The highest BCUT2D eigenvalue weighted by atomic mass is 16.5. The van der Waals surface area contributed by atoms with Gasteiger partial charge in [-0.05, 0) is 54.5 Å². The monoisotopic (exact) mass is 458 g/mol. The Morgan fingerprint density at radius 1 is 1.03 bits per heavy atom. The SMILES string of the molecule is COc1ccc(/C=C/C(=O)Nc2ccc3c(c2)N(Cc2ccc(C)cc2)C(=O)CO3)cc1OC. The second-order valence-electron chi connectivity index (χ2n) is 7.87. The molecular formula is C27H26N2O5. The van der Waals surface area contributed by atoms with E-state index in [4.69, 9.17) is 14.2 Å². The number of carbonyl (C=O) groups is 2. The molecule has 3 aromatic carbocycles. The van der Waals surface area contributed by atoms with E-state index < -0.39 is 0 Å². The fourth-order valence-corrected chi connectivity index (χ4v) is 3.64. The topological polar surface area (TPSA) is 77.1 Å². The summed E-state index contributed by atoms with van der Waals surface area (Å²) in [4.78, 5) is 26.8. The number of carbonyl (C=O) groups excluding carboxylic acids is 2. The van der Waals surface area contributed by atoms with Crippen molar-refractivity contribution >= 4 is 29.3 Å². The van der Waals surface area contributed by atoms with Crippen LogP contribution in [0, 0.1) is 6.92 Å². The number of nitrogens with zero attached hydrogens (tertiary/aromatic N) is 1. The number of rotatable bonds is 7. The van der Waals surface area contributed by atoms with Crippen LogP contribution in [0.2, 0.25) is 0 Å². The van der Waals surface area contributed by atoms with E-state index in [1.54, 1.807) is 55.5 Å². The van der Waals surface area contributed by atoms with Gasteiger partial charge in [-0.3, -0.25) is 9.59 Å². The van der Waals surface area contributed by atoms with Crippen LogP contribution in [0.3, 0.4) is 0 Å². The lowest BCUT2D eigenvalue weighted by molar-refractivity contribution is -0.121. The average Bonchev–Trinajstić information content (AvgIpc) is 2.85. The fraction of sp³-hybridized carbons (Fsp3) is 0.185. The minimum absolute atomic E-state index is 0.0152. The highest BCUT2D eigenvalue weighted by Crippen LogP contribution is 2.35. The zero-order chi connectivity index (χ0) is 24.1. The van der Waals surface area contributed by atoms with E-state index in [1.807, 2.05) is 37.3 Å². The number of hydrogen-bond acceptors (Lipinski definition) is 5. The predicted octanol–water partition coefficient (Wildman–Crippen LogP) is 4.59. The number of fused-ring (bicyclic) bond motifs is 1. The van der Waals surface area contributed by atoms with E-state index in [0.717, 1.165) is 16.7 Å². The molecule has 0 bridgehead atoms. The third-order valence-electron chi connectivity index (χ3n) is 5.47. The minimum Gasteiger partial charge on any atom is -0.493 e. The van der Waals surface area contributed by atoms with Crippen LogP contribution in [-0.2, 0) is 16.1 Å². The van der Waals surface area contributed by atoms with Crippen LogP contribution in [-0.4, -0.2) is 32.6 Å². The van der Waals surface area contributed by atoms with Crippen molar-refractivity contribution in [3.8, 4) is 17.2 Å². The van der Waals surface area contributed by atoms with Crippen LogP contribution in [0.1, 0.15) is 16.7 Å². The Bertz CT molecular complexity index is 1230. The number of benzene rings is 3. The molecule has 0 spiro atoms. The summed E-state index contributed by atoms with van der Waals surface area (Å²) in [5.41, 5.74) is 4.15. The maximum atomic E-state index is 12.6. The molecular weight excluding hydrogens is 432 g/mol. The van der Waals surface area contributed by atoms with Crippen molar-refractivity contribution in [3.63, 3.8) is 0 Å². The Hall–Kier alpha value is -4.26. The Morgan fingerprint density at radius 3 is 2.53 bits per heavy atom. The zero-order valence-electron chi connectivity index (χ0n) is 19.3. The molecule has 0 fully saturated rings. The molecule has 34 heavy (non-hydrogen) atoms. The molecule has 0 aliphatic carbocycles. The first-order valence-electron chi connectivity index (χ1n) is 10.8. The third-order valence-corrected chi connectivity index (χ3v) is 5.47. The van der Waals surface area contributed by atoms with E-state index in [9.17, 15) is 9.59 Å². The van der Waals surface area contributed by atoms with Gasteiger partial charge in [0.1, 0.15) is 5.75 Å². The van der Waals surface area contributed by atoms with Gasteiger partial charge in [-0.1, -0.05) is 35.9 Å². The van der Waals surface area contributed by atoms with E-state index in [0.29, 0.717) is 35.2 Å². The van der Waals surface area contributed by atoms with Crippen LogP contribution in [0.5, 0.6) is 17.2 Å². The summed E-state index contributed by atoms with van der Waals surface area (Å²) in [6.45, 7) is 2.43. The van der Waals surface area contributed by atoms with E-state index >= 15 is 0 Å². The van der Waals surface area contributed by atoms with Crippen LogP contribution >= 0.6 is 0 Å². The van der Waals surface area contributed by atoms with Crippen molar-refractivity contribution in [1.82, 2.24) is 0 Å². The second-order valence-corrected chi connectivity index (χ2v) is 7.87. The van der Waals surface area contributed by atoms with Crippen molar-refractivity contribution in [1.29, 1.82) is 0 Å². The molecule has 7 heteroatoms. The molecule has 0 radical (unpaired) electrons. The molecule has 0 unspecified atom stereocenters. The predicted molar refractivity (Wildman–Crippen MR) is 132 cm³/mol. The molecule has 0 saturated heterocycles. The average molecular weight is 459 g/mol. The van der Waals surface area contributed by atoms with E-state index in [1.165, 1.54) is 6.08 Å². The lowest BCUT2D eigenvalue weighted by Gasteiger charge is -2.30. The number of anilines is 2. The molecule has 1 N–H and O–H groups in total. The Kier molecular flexibility index (Phi) is 6.82. The molecule has 7 nitrogen and oxygen atoms in total. The van der Waals surface area contributed by atoms with Crippen molar-refractivity contribution in [2.24, 2.45) is 0 Å². The first-order valence-corrected chi connectivity index (χ1v) is 10.8. The van der Waals surface area contributed by atoms with Gasteiger partial charge in [0.15, 0.2) is 18.1 Å². The number of aryl methyl sites for hydroxylation is 1. The zero-order valence-corrected chi connectivity index (χ0v) is 19.3. The lowest BCUT2D eigenvalue weighted by atomic mass is 10.1. The lowest BCUT2D eigenvalue weighted by Crippen LogP contribution is -2.38. The molecule has 1 aliphatic heterocycles. The van der Waals surface area contributed by atoms with Crippen LogP contribution in [0.15, 0.2) is 66.7 Å². The Morgan fingerprint density at radius 2 is 1.79 bits per heavy atom. The first kappa shape index (κ1) is 22.9. The summed E-state index contributed by atoms with van der Waals surface area (Å²) >= 11 is 0.